The number of hydrogen-bond acceptors (Lipinski definition) is 6. The number of para-hydroxylation sites is 1. The minimum atomic E-state index is -0.516. The number of H-pyrrole nitrogens is 1. The lowest BCUT2D eigenvalue weighted by atomic mass is 10.1. The van der Waals surface area contributed by atoms with Crippen LogP contribution in [0.15, 0.2) is 54.6 Å². The van der Waals surface area contributed by atoms with Crippen LogP contribution in [0.1, 0.15) is 10.5 Å². The average Bonchev–Trinajstić information content (AvgIpc) is 3.15. The molecular formula is C21H12Cl3N7O. The van der Waals surface area contributed by atoms with Gasteiger partial charge in [0.1, 0.15) is 5.69 Å². The van der Waals surface area contributed by atoms with E-state index in [9.17, 15) is 4.79 Å². The van der Waals surface area contributed by atoms with E-state index in [-0.39, 0.29) is 22.2 Å². The van der Waals surface area contributed by atoms with E-state index >= 15 is 0 Å². The highest BCUT2D eigenvalue weighted by molar-refractivity contribution is 6.33. The summed E-state index contributed by atoms with van der Waals surface area (Å²) < 4.78 is 0. The molecule has 5 rings (SSSR count). The van der Waals surface area contributed by atoms with Gasteiger partial charge in [-0.05, 0) is 41.4 Å². The fraction of sp³-hybridized carbons (Fsp3) is 0. The summed E-state index contributed by atoms with van der Waals surface area (Å²) in [5, 5.41) is 2.09. The van der Waals surface area contributed by atoms with Crippen molar-refractivity contribution in [3.63, 3.8) is 0 Å². The second-order valence-electron chi connectivity index (χ2n) is 6.71. The number of hydrazine groups is 1. The Bertz CT molecular complexity index is 1480. The lowest BCUT2D eigenvalue weighted by molar-refractivity contribution is 0.0957. The van der Waals surface area contributed by atoms with Crippen molar-refractivity contribution in [3.05, 3.63) is 75.9 Å². The molecule has 0 bridgehead atoms. The van der Waals surface area contributed by atoms with Crippen molar-refractivity contribution in [2.24, 2.45) is 0 Å². The number of halogens is 3. The van der Waals surface area contributed by atoms with Gasteiger partial charge in [-0.2, -0.15) is 15.0 Å². The minimum Gasteiger partial charge on any atom is -0.353 e. The van der Waals surface area contributed by atoms with Crippen LogP contribution in [0.5, 0.6) is 0 Å². The van der Waals surface area contributed by atoms with Crippen molar-refractivity contribution in [1.82, 2.24) is 30.3 Å². The van der Waals surface area contributed by atoms with E-state index in [1.807, 2.05) is 42.5 Å². The number of rotatable bonds is 4. The van der Waals surface area contributed by atoms with E-state index in [4.69, 9.17) is 34.8 Å². The van der Waals surface area contributed by atoms with Gasteiger partial charge < -0.3 is 4.98 Å². The van der Waals surface area contributed by atoms with Gasteiger partial charge in [-0.1, -0.05) is 48.0 Å². The van der Waals surface area contributed by atoms with Crippen LogP contribution >= 0.6 is 34.8 Å². The van der Waals surface area contributed by atoms with Crippen molar-refractivity contribution in [3.8, 4) is 11.3 Å². The fourth-order valence-electron chi connectivity index (χ4n) is 3.37. The molecule has 0 aliphatic heterocycles. The smallest absolute Gasteiger partial charge is 0.288 e. The first-order chi connectivity index (χ1) is 15.5. The van der Waals surface area contributed by atoms with Crippen LogP contribution in [0.3, 0.4) is 0 Å². The summed E-state index contributed by atoms with van der Waals surface area (Å²) in [5.74, 6) is -0.527. The molecule has 0 radical (unpaired) electrons. The van der Waals surface area contributed by atoms with Gasteiger partial charge in [0.05, 0.1) is 16.2 Å². The lowest BCUT2D eigenvalue weighted by Crippen LogP contribution is -2.31. The zero-order chi connectivity index (χ0) is 22.2. The van der Waals surface area contributed by atoms with Gasteiger partial charge in [-0.25, -0.2) is 4.98 Å². The molecule has 3 heterocycles. The zero-order valence-corrected chi connectivity index (χ0v) is 18.3. The molecule has 0 atom stereocenters. The summed E-state index contributed by atoms with van der Waals surface area (Å²) >= 11 is 18.0. The van der Waals surface area contributed by atoms with Crippen LogP contribution in [0.2, 0.25) is 15.6 Å². The molecule has 0 spiro atoms. The number of aromatic amines is 1. The van der Waals surface area contributed by atoms with Gasteiger partial charge in [0.25, 0.3) is 5.91 Å². The summed E-state index contributed by atoms with van der Waals surface area (Å²) in [4.78, 5) is 32.3. The molecule has 1 amide bonds. The Morgan fingerprint density at radius 2 is 1.56 bits per heavy atom. The van der Waals surface area contributed by atoms with E-state index < -0.39 is 5.91 Å². The number of carbonyl (C=O) groups is 1. The third-order valence-electron chi connectivity index (χ3n) is 4.73. The lowest BCUT2D eigenvalue weighted by Gasteiger charge is -2.10. The van der Waals surface area contributed by atoms with E-state index in [1.54, 1.807) is 12.1 Å². The molecule has 2 aromatic carbocycles. The molecule has 0 saturated heterocycles. The number of carbonyl (C=O) groups excluding carboxylic acids is 1. The maximum Gasteiger partial charge on any atom is 0.288 e. The predicted molar refractivity (Wildman–Crippen MR) is 125 cm³/mol. The summed E-state index contributed by atoms with van der Waals surface area (Å²) in [6.45, 7) is 0. The number of amides is 1. The van der Waals surface area contributed by atoms with Gasteiger partial charge in [0, 0.05) is 21.9 Å². The molecule has 0 aliphatic carbocycles. The molecule has 158 valence electrons. The third-order valence-corrected chi connectivity index (χ3v) is 5.39. The predicted octanol–water partition coefficient (Wildman–Crippen LogP) is 5.29. The number of benzene rings is 2. The Morgan fingerprint density at radius 3 is 2.34 bits per heavy atom. The van der Waals surface area contributed by atoms with Gasteiger partial charge in [-0.3, -0.25) is 15.6 Å². The first-order valence-electron chi connectivity index (χ1n) is 9.29. The topological polar surface area (TPSA) is 108 Å². The Morgan fingerprint density at radius 1 is 0.844 bits per heavy atom. The number of nitrogens with zero attached hydrogens (tertiary/aromatic N) is 4. The molecule has 0 unspecified atom stereocenters. The van der Waals surface area contributed by atoms with Gasteiger partial charge in [0.2, 0.25) is 16.5 Å². The molecule has 3 N–H and O–H groups in total. The number of hydrogen-bond donors (Lipinski definition) is 3. The molecule has 0 aliphatic rings. The first kappa shape index (κ1) is 20.4. The number of aromatic nitrogens is 5. The highest BCUT2D eigenvalue weighted by Gasteiger charge is 2.18. The number of fused-ring (bicyclic) bond motifs is 3. The largest absolute Gasteiger partial charge is 0.353 e. The maximum absolute atomic E-state index is 12.9. The molecular weight excluding hydrogens is 473 g/mol. The summed E-state index contributed by atoms with van der Waals surface area (Å²) in [6, 6.07) is 16.8. The maximum atomic E-state index is 12.9. The zero-order valence-electron chi connectivity index (χ0n) is 16.0. The van der Waals surface area contributed by atoms with Gasteiger partial charge in [0.15, 0.2) is 0 Å². The van der Waals surface area contributed by atoms with Crippen molar-refractivity contribution in [1.29, 1.82) is 0 Å². The Balaban J connectivity index is 1.60. The van der Waals surface area contributed by atoms with Crippen LogP contribution in [0.4, 0.5) is 5.95 Å². The van der Waals surface area contributed by atoms with Crippen molar-refractivity contribution in [2.45, 2.75) is 0 Å². The molecule has 8 nitrogen and oxygen atoms in total. The van der Waals surface area contributed by atoms with E-state index in [1.165, 1.54) is 0 Å². The average molecular weight is 485 g/mol. The normalized spacial score (nSPS) is 11.1. The monoisotopic (exact) mass is 483 g/mol. The summed E-state index contributed by atoms with van der Waals surface area (Å²) in [5.41, 5.74) is 8.19. The summed E-state index contributed by atoms with van der Waals surface area (Å²) in [6.07, 6.45) is 0. The van der Waals surface area contributed by atoms with E-state index in [2.05, 4.69) is 35.8 Å². The minimum absolute atomic E-state index is 0.0113. The second kappa shape index (κ2) is 8.23. The van der Waals surface area contributed by atoms with Crippen LogP contribution in [-0.2, 0) is 0 Å². The molecule has 0 fully saturated rings. The van der Waals surface area contributed by atoms with E-state index in [0.29, 0.717) is 16.3 Å². The van der Waals surface area contributed by atoms with Crippen molar-refractivity contribution >= 4 is 68.5 Å². The van der Waals surface area contributed by atoms with Crippen molar-refractivity contribution < 1.29 is 4.79 Å². The van der Waals surface area contributed by atoms with Gasteiger partial charge >= 0.3 is 0 Å². The Kier molecular flexibility index (Phi) is 5.26. The van der Waals surface area contributed by atoms with Gasteiger partial charge in [-0.15, -0.1) is 0 Å². The highest BCUT2D eigenvalue weighted by Crippen LogP contribution is 2.35. The Hall–Kier alpha value is -3.46. The van der Waals surface area contributed by atoms with Crippen LogP contribution in [0, 0.1) is 0 Å². The fourth-order valence-corrected chi connectivity index (χ4v) is 3.96. The van der Waals surface area contributed by atoms with Crippen LogP contribution < -0.4 is 10.9 Å². The SMILES string of the molecule is O=C(NNc1nc(Cl)nc(Cl)n1)c1cc2c([nH]c3ccccc32)c(-c2ccccc2Cl)n1. The first-order valence-corrected chi connectivity index (χ1v) is 10.4. The third kappa shape index (κ3) is 3.80. The van der Waals surface area contributed by atoms with Crippen LogP contribution in [-0.4, -0.2) is 30.8 Å². The van der Waals surface area contributed by atoms with Crippen LogP contribution in [0.25, 0.3) is 33.1 Å². The molecule has 32 heavy (non-hydrogen) atoms. The number of anilines is 1. The standard InChI is InChI=1S/C21H12Cl3N7O/c22-13-7-3-1-6-11(13)16-17-12(10-5-2-4-8-14(10)25-17)9-15(26-16)18(32)30-31-21-28-19(23)27-20(24)29-21/h1-9,25H,(H,30,32)(H,27,28,29,31). The quantitative estimate of drug-likeness (QED) is 0.299. The summed E-state index contributed by atoms with van der Waals surface area (Å²) in [7, 11) is 0. The number of pyridine rings is 1. The second-order valence-corrected chi connectivity index (χ2v) is 7.79. The molecule has 0 saturated carbocycles. The molecule has 3 aromatic heterocycles. The van der Waals surface area contributed by atoms with E-state index in [0.717, 1.165) is 21.8 Å². The number of nitrogens with one attached hydrogen (secondary N) is 3. The molecule has 11 heteroatoms. The Labute approximate surface area is 196 Å². The highest BCUT2D eigenvalue weighted by atomic mass is 35.5. The molecule has 5 aromatic rings. The van der Waals surface area contributed by atoms with Crippen molar-refractivity contribution in [2.75, 3.05) is 5.43 Å².